The summed E-state index contributed by atoms with van der Waals surface area (Å²) < 4.78 is 5.23. The van der Waals surface area contributed by atoms with Crippen molar-refractivity contribution in [2.24, 2.45) is 5.92 Å². The van der Waals surface area contributed by atoms with Crippen LogP contribution in [0.5, 0.6) is 0 Å². The van der Waals surface area contributed by atoms with Crippen molar-refractivity contribution < 1.29 is 24.2 Å². The van der Waals surface area contributed by atoms with Gasteiger partial charge in [-0.1, -0.05) is 27.2 Å². The number of aliphatic hydroxyl groups excluding tert-OH is 1. The number of carbonyl (C=O) groups is 3. The molecular formula is C19H37N3O5. The van der Waals surface area contributed by atoms with Gasteiger partial charge < -0.3 is 25.8 Å². The summed E-state index contributed by atoms with van der Waals surface area (Å²) in [5.74, 6) is -0.832. The number of hydrogen-bond acceptors (Lipinski definition) is 5. The standard InChI is InChI=1S/C19H37N3O5/c1-8-10-13(15(23)17(25)20-9-2)21-16(24)14(11-12(3)4)22-18(26)27-19(5,6)7/h12-15,23H,8-11H2,1-7H3,(H,20,25)(H,21,24)(H,22,26)/t13-,14-,15?/m0/s1. The van der Waals surface area contributed by atoms with E-state index in [4.69, 9.17) is 4.74 Å². The van der Waals surface area contributed by atoms with E-state index in [2.05, 4.69) is 16.0 Å². The molecule has 0 aliphatic carbocycles. The first-order chi connectivity index (χ1) is 12.4. The van der Waals surface area contributed by atoms with E-state index >= 15 is 0 Å². The highest BCUT2D eigenvalue weighted by atomic mass is 16.6. The van der Waals surface area contributed by atoms with E-state index in [0.717, 1.165) is 0 Å². The third-order valence-electron chi connectivity index (χ3n) is 3.64. The van der Waals surface area contributed by atoms with Gasteiger partial charge in [0.25, 0.3) is 5.91 Å². The molecule has 0 heterocycles. The fourth-order valence-electron chi connectivity index (χ4n) is 2.52. The van der Waals surface area contributed by atoms with Crippen LogP contribution < -0.4 is 16.0 Å². The van der Waals surface area contributed by atoms with Crippen LogP contribution in [0.4, 0.5) is 4.79 Å². The highest BCUT2D eigenvalue weighted by molar-refractivity contribution is 5.87. The minimum atomic E-state index is -1.35. The topological polar surface area (TPSA) is 117 Å². The van der Waals surface area contributed by atoms with Gasteiger partial charge in [0.2, 0.25) is 5.91 Å². The molecule has 4 N–H and O–H groups in total. The Labute approximate surface area is 162 Å². The summed E-state index contributed by atoms with van der Waals surface area (Å²) in [4.78, 5) is 36.7. The van der Waals surface area contributed by atoms with Crippen LogP contribution in [0.15, 0.2) is 0 Å². The molecule has 0 aromatic carbocycles. The van der Waals surface area contributed by atoms with E-state index in [9.17, 15) is 19.5 Å². The fraction of sp³-hybridized carbons (Fsp3) is 0.842. The smallest absolute Gasteiger partial charge is 0.408 e. The molecule has 3 amide bonds. The predicted molar refractivity (Wildman–Crippen MR) is 104 cm³/mol. The lowest BCUT2D eigenvalue weighted by atomic mass is 10.0. The second-order valence-corrected chi connectivity index (χ2v) is 8.07. The van der Waals surface area contributed by atoms with Crippen LogP contribution in [0.25, 0.3) is 0 Å². The van der Waals surface area contributed by atoms with Gasteiger partial charge in [-0.3, -0.25) is 9.59 Å². The van der Waals surface area contributed by atoms with Crippen LogP contribution in [0.3, 0.4) is 0 Å². The lowest BCUT2D eigenvalue weighted by molar-refractivity contribution is -0.132. The molecule has 0 fully saturated rings. The molecule has 0 bridgehead atoms. The second-order valence-electron chi connectivity index (χ2n) is 8.07. The second kappa shape index (κ2) is 11.8. The Bertz CT molecular complexity index is 488. The Kier molecular flexibility index (Phi) is 11.0. The van der Waals surface area contributed by atoms with Gasteiger partial charge in [0.05, 0.1) is 6.04 Å². The lowest BCUT2D eigenvalue weighted by Crippen LogP contribution is -2.56. The van der Waals surface area contributed by atoms with Crippen LogP contribution in [-0.4, -0.2) is 53.3 Å². The van der Waals surface area contributed by atoms with Crippen molar-refractivity contribution in [2.75, 3.05) is 6.54 Å². The first kappa shape index (κ1) is 25.2. The van der Waals surface area contributed by atoms with Gasteiger partial charge in [0.1, 0.15) is 11.6 Å². The Morgan fingerprint density at radius 1 is 1.04 bits per heavy atom. The third-order valence-corrected chi connectivity index (χ3v) is 3.64. The Balaban J connectivity index is 5.15. The van der Waals surface area contributed by atoms with Crippen molar-refractivity contribution >= 4 is 17.9 Å². The molecule has 0 saturated carbocycles. The first-order valence-corrected chi connectivity index (χ1v) is 9.66. The SMILES string of the molecule is CCC[C@H](NC(=O)[C@H](CC(C)C)NC(=O)OC(C)(C)C)C(O)C(=O)NCC. The molecule has 0 aliphatic rings. The van der Waals surface area contributed by atoms with Gasteiger partial charge >= 0.3 is 6.09 Å². The monoisotopic (exact) mass is 387 g/mol. The van der Waals surface area contributed by atoms with E-state index in [0.29, 0.717) is 25.8 Å². The summed E-state index contributed by atoms with van der Waals surface area (Å²) in [7, 11) is 0. The molecule has 8 nitrogen and oxygen atoms in total. The zero-order valence-electron chi connectivity index (χ0n) is 17.7. The molecule has 0 aromatic heterocycles. The van der Waals surface area contributed by atoms with Crippen molar-refractivity contribution in [2.45, 2.75) is 91.5 Å². The van der Waals surface area contributed by atoms with E-state index in [1.807, 2.05) is 20.8 Å². The fourth-order valence-corrected chi connectivity index (χ4v) is 2.52. The summed E-state index contributed by atoms with van der Waals surface area (Å²) in [6.07, 6.45) is -0.517. The highest BCUT2D eigenvalue weighted by Gasteiger charge is 2.31. The minimum absolute atomic E-state index is 0.147. The molecule has 0 radical (unpaired) electrons. The van der Waals surface area contributed by atoms with Crippen LogP contribution in [0.2, 0.25) is 0 Å². The molecule has 0 saturated heterocycles. The molecule has 0 spiro atoms. The summed E-state index contributed by atoms with van der Waals surface area (Å²) in [5, 5.41) is 18.1. The van der Waals surface area contributed by atoms with Crippen molar-refractivity contribution in [1.29, 1.82) is 0 Å². The van der Waals surface area contributed by atoms with Crippen molar-refractivity contribution in [3.05, 3.63) is 0 Å². The number of amides is 3. The summed E-state index contributed by atoms with van der Waals surface area (Å²) in [6, 6.07) is -1.55. The molecule has 158 valence electrons. The van der Waals surface area contributed by atoms with Crippen LogP contribution >= 0.6 is 0 Å². The van der Waals surface area contributed by atoms with Gasteiger partial charge in [-0.05, 0) is 46.5 Å². The number of nitrogens with one attached hydrogen (secondary N) is 3. The first-order valence-electron chi connectivity index (χ1n) is 9.66. The van der Waals surface area contributed by atoms with Crippen LogP contribution in [0, 0.1) is 5.92 Å². The Hall–Kier alpha value is -1.83. The maximum absolute atomic E-state index is 12.7. The normalized spacial score (nSPS) is 14.9. The van der Waals surface area contributed by atoms with Crippen LogP contribution in [-0.2, 0) is 14.3 Å². The van der Waals surface area contributed by atoms with Crippen molar-refractivity contribution in [3.8, 4) is 0 Å². The average Bonchev–Trinajstić information content (AvgIpc) is 2.50. The zero-order chi connectivity index (χ0) is 21.2. The number of likely N-dealkylation sites (N-methyl/N-ethyl adjacent to an activating group) is 1. The Morgan fingerprint density at radius 3 is 2.07 bits per heavy atom. The number of aliphatic hydroxyl groups is 1. The average molecular weight is 388 g/mol. The quantitative estimate of drug-likeness (QED) is 0.455. The number of alkyl carbamates (subject to hydrolysis) is 1. The van der Waals surface area contributed by atoms with E-state index in [1.165, 1.54) is 0 Å². The third kappa shape index (κ3) is 10.8. The largest absolute Gasteiger partial charge is 0.444 e. The maximum atomic E-state index is 12.7. The maximum Gasteiger partial charge on any atom is 0.408 e. The molecule has 3 atom stereocenters. The lowest BCUT2D eigenvalue weighted by Gasteiger charge is -2.27. The number of rotatable bonds is 10. The number of hydrogen-bond donors (Lipinski definition) is 4. The van der Waals surface area contributed by atoms with Crippen molar-refractivity contribution in [1.82, 2.24) is 16.0 Å². The van der Waals surface area contributed by atoms with E-state index in [1.54, 1.807) is 27.7 Å². The van der Waals surface area contributed by atoms with Gasteiger partial charge in [0, 0.05) is 6.54 Å². The molecule has 0 aromatic rings. The van der Waals surface area contributed by atoms with Crippen molar-refractivity contribution in [3.63, 3.8) is 0 Å². The van der Waals surface area contributed by atoms with E-state index in [-0.39, 0.29) is 5.92 Å². The minimum Gasteiger partial charge on any atom is -0.444 e. The molecule has 1 unspecified atom stereocenters. The van der Waals surface area contributed by atoms with Gasteiger partial charge in [-0.25, -0.2) is 4.79 Å². The summed E-state index contributed by atoms with van der Waals surface area (Å²) in [6.45, 7) is 13.1. The number of ether oxygens (including phenoxy) is 1. The molecular weight excluding hydrogens is 350 g/mol. The molecule has 8 heteroatoms. The van der Waals surface area contributed by atoms with Gasteiger partial charge in [-0.15, -0.1) is 0 Å². The predicted octanol–water partition coefficient (Wildman–Crippen LogP) is 1.71. The number of carbonyl (C=O) groups excluding carboxylic acids is 3. The molecule has 27 heavy (non-hydrogen) atoms. The highest BCUT2D eigenvalue weighted by Crippen LogP contribution is 2.11. The summed E-state index contributed by atoms with van der Waals surface area (Å²) in [5.41, 5.74) is -0.678. The van der Waals surface area contributed by atoms with Gasteiger partial charge in [-0.2, -0.15) is 0 Å². The zero-order valence-corrected chi connectivity index (χ0v) is 17.7. The van der Waals surface area contributed by atoms with Crippen LogP contribution in [0.1, 0.15) is 67.7 Å². The van der Waals surface area contributed by atoms with Gasteiger partial charge in [0.15, 0.2) is 6.10 Å². The molecule has 0 rings (SSSR count). The Morgan fingerprint density at radius 2 is 1.63 bits per heavy atom. The molecule has 0 aliphatic heterocycles. The summed E-state index contributed by atoms with van der Waals surface area (Å²) >= 11 is 0. The van der Waals surface area contributed by atoms with E-state index < -0.39 is 41.7 Å².